The topological polar surface area (TPSA) is 182 Å². The number of pyridine rings is 1. The number of likely N-dealkylation sites (tertiary alicyclic amines) is 1. The lowest BCUT2D eigenvalue weighted by atomic mass is 9.85. The second-order valence-electron chi connectivity index (χ2n) is 17.3. The molecule has 4 amide bonds. The largest absolute Gasteiger partial charge is 0.497 e. The number of ether oxygens (including phenoxy) is 3. The molecule has 3 aromatic carbocycles. The van der Waals surface area contributed by atoms with Gasteiger partial charge in [-0.05, 0) is 48.8 Å². The van der Waals surface area contributed by atoms with E-state index in [1.807, 2.05) is 72.8 Å². The Hall–Kier alpha value is -5.80. The minimum absolute atomic E-state index is 0.00996. The van der Waals surface area contributed by atoms with Gasteiger partial charge in [0.1, 0.15) is 41.8 Å². The molecule has 0 spiro atoms. The fourth-order valence-electron chi connectivity index (χ4n) is 8.17. The number of fused-ring (bicyclic) bond motifs is 1. The first-order valence-electron chi connectivity index (χ1n) is 20.4. The molecule has 2 saturated carbocycles. The van der Waals surface area contributed by atoms with Crippen molar-refractivity contribution in [1.82, 2.24) is 25.2 Å². The van der Waals surface area contributed by atoms with Crippen LogP contribution in [0, 0.1) is 11.3 Å². The Kier molecular flexibility index (Phi) is 12.0. The van der Waals surface area contributed by atoms with Crippen molar-refractivity contribution < 1.29 is 41.8 Å². The maximum Gasteiger partial charge on any atom is 0.259 e. The molecule has 2 aliphatic carbocycles. The number of hydrogen-bond acceptors (Lipinski definition) is 10. The number of nitrogens with one attached hydrogen (secondary N) is 3. The van der Waals surface area contributed by atoms with Crippen molar-refractivity contribution in [2.75, 3.05) is 27.4 Å². The minimum Gasteiger partial charge on any atom is -0.497 e. The fourth-order valence-corrected chi connectivity index (χ4v) is 9.81. The summed E-state index contributed by atoms with van der Waals surface area (Å²) in [5.41, 5.74) is 0.494. The van der Waals surface area contributed by atoms with Gasteiger partial charge in [0.2, 0.25) is 27.7 Å². The summed E-state index contributed by atoms with van der Waals surface area (Å²) in [6.07, 6.45) is 1.92. The molecule has 0 bridgehead atoms. The number of sulfonamides is 1. The lowest BCUT2D eigenvalue weighted by Gasteiger charge is -2.35. The van der Waals surface area contributed by atoms with E-state index < -0.39 is 73.5 Å². The van der Waals surface area contributed by atoms with Crippen LogP contribution in [0.25, 0.3) is 22.2 Å². The van der Waals surface area contributed by atoms with Gasteiger partial charge < -0.3 is 29.7 Å². The van der Waals surface area contributed by atoms with Crippen molar-refractivity contribution in [3.8, 4) is 22.8 Å². The zero-order valence-electron chi connectivity index (χ0n) is 35.1. The highest BCUT2D eigenvalue weighted by Crippen LogP contribution is 2.49. The first-order chi connectivity index (χ1) is 29.0. The second-order valence-corrected chi connectivity index (χ2v) is 19.4. The van der Waals surface area contributed by atoms with Crippen molar-refractivity contribution in [2.45, 2.75) is 81.3 Å². The van der Waals surface area contributed by atoms with E-state index in [2.05, 4.69) is 21.9 Å². The second kappa shape index (κ2) is 16.9. The van der Waals surface area contributed by atoms with Crippen LogP contribution >= 0.6 is 0 Å². The maximum atomic E-state index is 14.7. The van der Waals surface area contributed by atoms with E-state index in [4.69, 9.17) is 19.2 Å². The van der Waals surface area contributed by atoms with E-state index in [9.17, 15) is 27.6 Å². The van der Waals surface area contributed by atoms with Crippen LogP contribution in [0.3, 0.4) is 0 Å². The molecule has 1 aromatic heterocycles. The van der Waals surface area contributed by atoms with Gasteiger partial charge in [-0.2, -0.15) is 0 Å². The summed E-state index contributed by atoms with van der Waals surface area (Å²) in [6, 6.07) is 23.8. The Labute approximate surface area is 356 Å². The molecule has 1 aliphatic heterocycles. The number of carbonyl (C=O) groups excluding carboxylic acids is 4. The highest BCUT2D eigenvalue weighted by molar-refractivity contribution is 7.91. The van der Waals surface area contributed by atoms with Gasteiger partial charge >= 0.3 is 0 Å². The molecule has 0 radical (unpaired) electrons. The third kappa shape index (κ3) is 8.99. The Balaban J connectivity index is 1.19. The molecule has 5 atom stereocenters. The van der Waals surface area contributed by atoms with Crippen molar-refractivity contribution in [1.29, 1.82) is 0 Å². The van der Waals surface area contributed by atoms with Crippen LogP contribution in [0.2, 0.25) is 0 Å². The van der Waals surface area contributed by atoms with Crippen LogP contribution in [0.5, 0.6) is 11.5 Å². The van der Waals surface area contributed by atoms with Crippen LogP contribution in [0.4, 0.5) is 0 Å². The van der Waals surface area contributed by atoms with Gasteiger partial charge in [0.25, 0.3) is 5.91 Å². The number of amides is 4. The van der Waals surface area contributed by atoms with E-state index in [1.165, 1.54) is 18.1 Å². The quantitative estimate of drug-likeness (QED) is 0.134. The number of nitrogens with zero attached hydrogens (tertiary/aromatic N) is 2. The number of rotatable bonds is 16. The summed E-state index contributed by atoms with van der Waals surface area (Å²) < 4.78 is 46.1. The van der Waals surface area contributed by atoms with E-state index in [-0.39, 0.29) is 32.4 Å². The smallest absolute Gasteiger partial charge is 0.259 e. The highest BCUT2D eigenvalue weighted by atomic mass is 32.2. The van der Waals surface area contributed by atoms with Crippen molar-refractivity contribution in [3.05, 3.63) is 103 Å². The number of carbonyl (C=O) groups is 4. The molecule has 61 heavy (non-hydrogen) atoms. The average molecular weight is 852 g/mol. The molecule has 15 heteroatoms. The van der Waals surface area contributed by atoms with E-state index in [1.54, 1.807) is 40.0 Å². The lowest BCUT2D eigenvalue weighted by Crippen LogP contribution is -2.60. The molecule has 2 heterocycles. The van der Waals surface area contributed by atoms with Gasteiger partial charge in [0.15, 0.2) is 0 Å². The summed E-state index contributed by atoms with van der Waals surface area (Å²) in [5.74, 6) is -2.09. The molecule has 14 nitrogen and oxygen atoms in total. The lowest BCUT2D eigenvalue weighted by molar-refractivity contribution is -0.145. The predicted molar refractivity (Wildman–Crippen MR) is 230 cm³/mol. The normalized spacial score (nSPS) is 22.1. The van der Waals surface area contributed by atoms with Crippen LogP contribution in [-0.2, 0) is 40.4 Å². The minimum atomic E-state index is -4.17. The Morgan fingerprint density at radius 3 is 2.28 bits per heavy atom. The molecule has 1 saturated heterocycles. The molecule has 4 aromatic rings. The Morgan fingerprint density at radius 1 is 0.984 bits per heavy atom. The Bertz CT molecular complexity index is 2440. The summed E-state index contributed by atoms with van der Waals surface area (Å²) in [4.78, 5) is 62.6. The van der Waals surface area contributed by atoms with E-state index >= 15 is 0 Å². The van der Waals surface area contributed by atoms with Gasteiger partial charge in [-0.25, -0.2) is 13.4 Å². The summed E-state index contributed by atoms with van der Waals surface area (Å²) in [6.45, 7) is 8.91. The Morgan fingerprint density at radius 2 is 1.67 bits per heavy atom. The average Bonchev–Trinajstić information content (AvgIpc) is 4.14. The number of hydrogen-bond donors (Lipinski definition) is 3. The van der Waals surface area contributed by atoms with Crippen LogP contribution in [0.15, 0.2) is 97.6 Å². The molecular weight excluding hydrogens is 799 g/mol. The molecular formula is C46H53N5O9S. The molecule has 322 valence electrons. The maximum absolute atomic E-state index is 14.7. The molecule has 3 aliphatic rings. The van der Waals surface area contributed by atoms with Gasteiger partial charge in [-0.3, -0.25) is 23.9 Å². The monoisotopic (exact) mass is 851 g/mol. The van der Waals surface area contributed by atoms with Gasteiger partial charge in [0.05, 0.1) is 29.6 Å². The number of benzene rings is 3. The van der Waals surface area contributed by atoms with Crippen molar-refractivity contribution in [3.63, 3.8) is 0 Å². The zero-order valence-corrected chi connectivity index (χ0v) is 35.9. The third-order valence-corrected chi connectivity index (χ3v) is 14.1. The third-order valence-electron chi connectivity index (χ3n) is 11.9. The van der Waals surface area contributed by atoms with Crippen LogP contribution in [0.1, 0.15) is 52.0 Å². The molecule has 3 N–H and O–H groups in total. The summed E-state index contributed by atoms with van der Waals surface area (Å²) >= 11 is 0. The highest BCUT2D eigenvalue weighted by Gasteiger charge is 2.63. The first kappa shape index (κ1) is 43.3. The number of aromatic nitrogens is 1. The molecule has 7 rings (SSSR count). The van der Waals surface area contributed by atoms with Crippen LogP contribution < -0.4 is 24.8 Å². The standard InChI is InChI=1S/C46H53N5O9S/c1-7-31-26-46(31,43(55)50-61(56,57)45(20-21-45)25-29-14-10-8-11-15-29)49-41(53)37-23-33(27-51(37)42(54)40(44(2,3)4)48-39(52)28-58-5)60-38-24-35(30-16-12-9-13-17-30)47-36-22-32(59-6)18-19-34(36)38/h7-19,22,24,31,33,37,40H,1,20-21,23,25-28H2,2-6H3,(H,48,52)(H,49,53)(H,50,55). The molecule has 3 fully saturated rings. The van der Waals surface area contributed by atoms with Gasteiger partial charge in [-0.1, -0.05) is 87.5 Å². The van der Waals surface area contributed by atoms with E-state index in [0.717, 1.165) is 11.1 Å². The summed E-state index contributed by atoms with van der Waals surface area (Å²) in [7, 11) is -1.23. The van der Waals surface area contributed by atoms with Gasteiger partial charge in [-0.15, -0.1) is 6.58 Å². The first-order valence-corrected chi connectivity index (χ1v) is 21.9. The molecule has 5 unspecified atom stereocenters. The van der Waals surface area contributed by atoms with Crippen molar-refractivity contribution >= 4 is 44.6 Å². The van der Waals surface area contributed by atoms with Crippen LogP contribution in [-0.4, -0.2) is 97.8 Å². The fraction of sp³-hybridized carbons (Fsp3) is 0.413. The van der Waals surface area contributed by atoms with E-state index in [0.29, 0.717) is 40.9 Å². The zero-order chi connectivity index (χ0) is 43.7. The van der Waals surface area contributed by atoms with Gasteiger partial charge in [0, 0.05) is 42.5 Å². The van der Waals surface area contributed by atoms with Crippen molar-refractivity contribution in [2.24, 2.45) is 11.3 Å². The summed E-state index contributed by atoms with van der Waals surface area (Å²) in [5, 5.41) is 6.33. The SMILES string of the molecule is C=CC1CC1(NC(=O)C1CC(Oc2cc(-c3ccccc3)nc3cc(OC)ccc23)CN1C(=O)C(NC(=O)COC)C(C)(C)C)C(=O)NS(=O)(=O)C1(Cc2ccccc2)CC1. The number of methoxy groups -OCH3 is 2. The predicted octanol–water partition coefficient (Wildman–Crippen LogP) is 4.72.